The summed E-state index contributed by atoms with van der Waals surface area (Å²) >= 11 is 1.40. The van der Waals surface area contributed by atoms with E-state index in [2.05, 4.69) is 25.1 Å². The minimum Gasteiger partial charge on any atom is -0.341 e. The third-order valence-corrected chi connectivity index (χ3v) is 6.43. The molecule has 4 aromatic rings. The molecule has 162 valence electrons. The molecule has 0 bridgehead atoms. The summed E-state index contributed by atoms with van der Waals surface area (Å²) in [6, 6.07) is 19.7. The van der Waals surface area contributed by atoms with E-state index in [1.165, 1.54) is 11.8 Å². The minimum absolute atomic E-state index is 0.0811. The first-order valence-corrected chi connectivity index (χ1v) is 11.6. The van der Waals surface area contributed by atoms with Gasteiger partial charge in [0.15, 0.2) is 5.16 Å². The lowest BCUT2D eigenvalue weighted by Crippen LogP contribution is -2.32. The number of nitrogens with zero attached hydrogens (tertiary/aromatic N) is 5. The van der Waals surface area contributed by atoms with Crippen LogP contribution in [0.4, 0.5) is 0 Å². The summed E-state index contributed by atoms with van der Waals surface area (Å²) in [6.07, 6.45) is 5.90. The van der Waals surface area contributed by atoms with Gasteiger partial charge in [-0.3, -0.25) is 9.36 Å². The van der Waals surface area contributed by atoms with Crippen LogP contribution in [0.25, 0.3) is 5.69 Å². The van der Waals surface area contributed by atoms with E-state index in [1.54, 1.807) is 6.20 Å². The lowest BCUT2D eigenvalue weighted by molar-refractivity contribution is -0.119. The summed E-state index contributed by atoms with van der Waals surface area (Å²) < 4.78 is 4.02. The van der Waals surface area contributed by atoms with Gasteiger partial charge in [0.05, 0.1) is 5.75 Å². The zero-order valence-corrected chi connectivity index (χ0v) is 18.6. The van der Waals surface area contributed by atoms with E-state index in [1.807, 2.05) is 78.5 Å². The summed E-state index contributed by atoms with van der Waals surface area (Å²) in [5.74, 6) is 2.38. The topological polar surface area (TPSA) is 77.6 Å². The first kappa shape index (κ1) is 20.5. The predicted octanol–water partition coefficient (Wildman–Crippen LogP) is 3.88. The number of hydrogen-bond acceptors (Lipinski definition) is 5. The Kier molecular flexibility index (Phi) is 5.77. The van der Waals surface area contributed by atoms with Crippen LogP contribution in [0.5, 0.6) is 0 Å². The first-order chi connectivity index (χ1) is 15.7. The van der Waals surface area contributed by atoms with Crippen molar-refractivity contribution >= 4 is 17.7 Å². The average molecular weight is 445 g/mol. The van der Waals surface area contributed by atoms with Crippen molar-refractivity contribution in [3.63, 3.8) is 0 Å². The molecule has 5 rings (SSSR count). The van der Waals surface area contributed by atoms with Crippen molar-refractivity contribution in [1.29, 1.82) is 0 Å². The molecule has 0 radical (unpaired) electrons. The van der Waals surface area contributed by atoms with Gasteiger partial charge in [0.25, 0.3) is 0 Å². The van der Waals surface area contributed by atoms with Crippen molar-refractivity contribution in [2.45, 2.75) is 30.0 Å². The van der Waals surface area contributed by atoms with Gasteiger partial charge in [0.1, 0.15) is 17.7 Å². The Balaban J connectivity index is 1.34. The van der Waals surface area contributed by atoms with Crippen LogP contribution in [0.15, 0.2) is 78.2 Å². The Bertz CT molecular complexity index is 1200. The quantitative estimate of drug-likeness (QED) is 0.418. The van der Waals surface area contributed by atoms with Crippen LogP contribution in [-0.4, -0.2) is 36.0 Å². The van der Waals surface area contributed by atoms with Crippen molar-refractivity contribution in [3.05, 3.63) is 90.3 Å². The lowest BCUT2D eigenvalue weighted by atomic mass is 10.1. The van der Waals surface area contributed by atoms with Crippen molar-refractivity contribution in [1.82, 2.24) is 29.6 Å². The molecule has 2 aromatic heterocycles. The Hall–Kier alpha value is -3.39. The van der Waals surface area contributed by atoms with Crippen LogP contribution in [0.1, 0.15) is 42.0 Å². The zero-order valence-electron chi connectivity index (χ0n) is 17.8. The molecule has 0 saturated heterocycles. The zero-order chi connectivity index (χ0) is 21.9. The maximum absolute atomic E-state index is 13.0. The fraction of sp³-hybridized carbons (Fsp3) is 0.250. The molecule has 0 unspecified atom stereocenters. The van der Waals surface area contributed by atoms with Crippen LogP contribution in [0.3, 0.4) is 0 Å². The molecule has 0 spiro atoms. The van der Waals surface area contributed by atoms with Gasteiger partial charge in [-0.1, -0.05) is 60.3 Å². The molecule has 8 heteroatoms. The van der Waals surface area contributed by atoms with Gasteiger partial charge in [0, 0.05) is 31.0 Å². The molecule has 2 heterocycles. The number of nitrogens with one attached hydrogen (secondary N) is 1. The monoisotopic (exact) mass is 444 g/mol. The molecule has 7 nitrogen and oxygen atoms in total. The van der Waals surface area contributed by atoms with Gasteiger partial charge in [-0.2, -0.15) is 0 Å². The van der Waals surface area contributed by atoms with Crippen molar-refractivity contribution in [2.75, 3.05) is 5.75 Å². The Morgan fingerprint density at radius 1 is 1.09 bits per heavy atom. The average Bonchev–Trinajstić information content (AvgIpc) is 3.45. The molecule has 2 aromatic carbocycles. The molecule has 1 aliphatic rings. The largest absolute Gasteiger partial charge is 0.341 e. The summed E-state index contributed by atoms with van der Waals surface area (Å²) in [6.45, 7) is 0. The number of aromatic nitrogens is 5. The van der Waals surface area contributed by atoms with Gasteiger partial charge in [-0.05, 0) is 30.5 Å². The van der Waals surface area contributed by atoms with Gasteiger partial charge in [0.2, 0.25) is 5.91 Å². The third kappa shape index (κ3) is 4.31. The lowest BCUT2D eigenvalue weighted by Gasteiger charge is -2.19. The molecule has 1 aliphatic carbocycles. The SMILES string of the molecule is Cn1ccnc1[C@@H](NC(=O)CSc1nnc(C2CC2)n1-c1ccccc1)c1ccccc1. The number of carbonyl (C=O) groups is 1. The summed E-state index contributed by atoms with van der Waals surface area (Å²) in [5.41, 5.74) is 2.01. The van der Waals surface area contributed by atoms with Crippen LogP contribution in [-0.2, 0) is 11.8 Å². The molecular formula is C24H24N6OS. The van der Waals surface area contributed by atoms with Crippen molar-refractivity contribution in [3.8, 4) is 5.69 Å². The standard InChI is InChI=1S/C24H24N6OS/c1-29-15-14-25-23(29)21(17-8-4-2-5-9-17)26-20(31)16-32-24-28-27-22(18-12-13-18)30(24)19-10-6-3-7-11-19/h2-11,14-15,18,21H,12-13,16H2,1H3,(H,26,31)/t21-/m0/s1. The number of aryl methyl sites for hydroxylation is 1. The van der Waals surface area contributed by atoms with E-state index in [0.717, 1.165) is 40.9 Å². The van der Waals surface area contributed by atoms with E-state index in [4.69, 9.17) is 0 Å². The van der Waals surface area contributed by atoms with E-state index in [-0.39, 0.29) is 17.7 Å². The second-order valence-corrected chi connectivity index (χ2v) is 8.82. The number of benzene rings is 2. The van der Waals surface area contributed by atoms with E-state index in [9.17, 15) is 4.79 Å². The van der Waals surface area contributed by atoms with Gasteiger partial charge < -0.3 is 9.88 Å². The Morgan fingerprint density at radius 3 is 2.47 bits per heavy atom. The van der Waals surface area contributed by atoms with E-state index in [0.29, 0.717) is 5.92 Å². The number of para-hydroxylation sites is 1. The normalized spacial score (nSPS) is 14.3. The van der Waals surface area contributed by atoms with E-state index >= 15 is 0 Å². The van der Waals surface area contributed by atoms with Crippen molar-refractivity contribution in [2.24, 2.45) is 7.05 Å². The van der Waals surface area contributed by atoms with Crippen LogP contribution in [0, 0.1) is 0 Å². The molecule has 32 heavy (non-hydrogen) atoms. The summed E-state index contributed by atoms with van der Waals surface area (Å²) in [4.78, 5) is 17.4. The molecule has 1 saturated carbocycles. The second kappa shape index (κ2) is 9.00. The highest BCUT2D eigenvalue weighted by atomic mass is 32.2. The number of imidazole rings is 1. The maximum Gasteiger partial charge on any atom is 0.231 e. The van der Waals surface area contributed by atoms with Gasteiger partial charge in [-0.25, -0.2) is 4.98 Å². The molecule has 1 atom stereocenters. The number of hydrogen-bond donors (Lipinski definition) is 1. The Morgan fingerprint density at radius 2 is 1.81 bits per heavy atom. The minimum atomic E-state index is -0.321. The highest BCUT2D eigenvalue weighted by Crippen LogP contribution is 2.41. The smallest absolute Gasteiger partial charge is 0.231 e. The highest BCUT2D eigenvalue weighted by molar-refractivity contribution is 7.99. The highest BCUT2D eigenvalue weighted by Gasteiger charge is 2.31. The number of carbonyl (C=O) groups excluding carboxylic acids is 1. The maximum atomic E-state index is 13.0. The molecule has 0 aliphatic heterocycles. The Labute approximate surface area is 190 Å². The van der Waals surface area contributed by atoms with Crippen LogP contribution in [0.2, 0.25) is 0 Å². The van der Waals surface area contributed by atoms with Crippen LogP contribution < -0.4 is 5.32 Å². The number of thioether (sulfide) groups is 1. The fourth-order valence-electron chi connectivity index (χ4n) is 3.73. The van der Waals surface area contributed by atoms with Gasteiger partial charge in [-0.15, -0.1) is 10.2 Å². The number of rotatable bonds is 8. The molecule has 1 amide bonds. The predicted molar refractivity (Wildman–Crippen MR) is 124 cm³/mol. The fourth-order valence-corrected chi connectivity index (χ4v) is 4.50. The summed E-state index contributed by atoms with van der Waals surface area (Å²) in [5, 5.41) is 12.7. The van der Waals surface area contributed by atoms with E-state index < -0.39 is 0 Å². The first-order valence-electron chi connectivity index (χ1n) is 10.7. The summed E-state index contributed by atoms with van der Waals surface area (Å²) in [7, 11) is 1.93. The second-order valence-electron chi connectivity index (χ2n) is 7.88. The molecule has 1 fully saturated rings. The number of amides is 1. The van der Waals surface area contributed by atoms with Crippen molar-refractivity contribution < 1.29 is 4.79 Å². The molecule has 1 N–H and O–H groups in total. The molecular weight excluding hydrogens is 420 g/mol. The van der Waals surface area contributed by atoms with Gasteiger partial charge >= 0.3 is 0 Å². The third-order valence-electron chi connectivity index (χ3n) is 5.50. The van der Waals surface area contributed by atoms with Crippen LogP contribution >= 0.6 is 11.8 Å².